The number of rotatable bonds is 4. The highest BCUT2D eigenvalue weighted by Crippen LogP contribution is 2.35. The van der Waals surface area contributed by atoms with Gasteiger partial charge in [-0.05, 0) is 74.2 Å². The Bertz CT molecular complexity index is 445. The summed E-state index contributed by atoms with van der Waals surface area (Å²) >= 11 is 0. The average molecular weight is 287 g/mol. The molecule has 2 nitrogen and oxygen atoms in total. The highest BCUT2D eigenvalue weighted by atomic mass is 16.5. The molecule has 0 amide bonds. The summed E-state index contributed by atoms with van der Waals surface area (Å²) < 4.78 is 5.61. The molecule has 0 spiro atoms. The lowest BCUT2D eigenvalue weighted by Crippen LogP contribution is -2.28. The second-order valence-electron chi connectivity index (χ2n) is 6.80. The van der Waals surface area contributed by atoms with Crippen molar-refractivity contribution in [1.29, 1.82) is 0 Å². The molecular weight excluding hydrogens is 258 g/mol. The molecule has 0 atom stereocenters. The van der Waals surface area contributed by atoms with Crippen LogP contribution in [0.1, 0.15) is 62.0 Å². The molecule has 2 fully saturated rings. The molecule has 1 aliphatic heterocycles. The molecule has 3 rings (SSSR count). The van der Waals surface area contributed by atoms with Crippen LogP contribution >= 0.6 is 0 Å². The van der Waals surface area contributed by atoms with Crippen molar-refractivity contribution in [3.63, 3.8) is 0 Å². The first kappa shape index (κ1) is 14.9. The average Bonchev–Trinajstić information content (AvgIpc) is 2.56. The van der Waals surface area contributed by atoms with Crippen LogP contribution in [0.3, 0.4) is 0 Å². The number of nitrogens with one attached hydrogen (secondary N) is 1. The fraction of sp³-hybridized carbons (Fsp3) is 0.684. The normalized spacial score (nSPS) is 21.4. The molecule has 0 unspecified atom stereocenters. The fourth-order valence-electron chi connectivity index (χ4n) is 4.04. The maximum atomic E-state index is 5.61. The van der Waals surface area contributed by atoms with E-state index in [9.17, 15) is 0 Å². The highest BCUT2D eigenvalue weighted by molar-refractivity contribution is 5.39. The number of hydrogen-bond donors (Lipinski definition) is 1. The van der Waals surface area contributed by atoms with Crippen molar-refractivity contribution in [2.24, 2.45) is 5.92 Å². The van der Waals surface area contributed by atoms with Crippen molar-refractivity contribution in [1.82, 2.24) is 5.32 Å². The van der Waals surface area contributed by atoms with E-state index in [1.54, 1.807) is 5.56 Å². The first-order chi connectivity index (χ1) is 10.4. The molecule has 116 valence electrons. The third-order valence-corrected chi connectivity index (χ3v) is 5.35. The minimum atomic E-state index is 0.788. The second-order valence-corrected chi connectivity index (χ2v) is 6.80. The first-order valence-corrected chi connectivity index (χ1v) is 8.74. The summed E-state index contributed by atoms with van der Waals surface area (Å²) in [5, 5.41) is 3.46. The number of hydrogen-bond acceptors (Lipinski definition) is 2. The zero-order valence-electron chi connectivity index (χ0n) is 13.4. The quantitative estimate of drug-likeness (QED) is 0.892. The molecule has 1 N–H and O–H groups in total. The monoisotopic (exact) mass is 287 g/mol. The van der Waals surface area contributed by atoms with Crippen LogP contribution in [0, 0.1) is 5.92 Å². The Kier molecular flexibility index (Phi) is 5.18. The van der Waals surface area contributed by atoms with E-state index in [1.807, 2.05) is 7.11 Å². The zero-order chi connectivity index (χ0) is 14.5. The van der Waals surface area contributed by atoms with Gasteiger partial charge in [0.15, 0.2) is 0 Å². The van der Waals surface area contributed by atoms with Crippen molar-refractivity contribution < 1.29 is 4.74 Å². The number of benzene rings is 1. The molecule has 1 saturated heterocycles. The molecular formula is C19H29NO. The Morgan fingerprint density at radius 1 is 1.05 bits per heavy atom. The van der Waals surface area contributed by atoms with Gasteiger partial charge in [-0.25, -0.2) is 0 Å². The Balaban J connectivity index is 1.75. The van der Waals surface area contributed by atoms with Crippen LogP contribution in [-0.2, 0) is 6.42 Å². The number of ether oxygens (including phenoxy) is 1. The summed E-state index contributed by atoms with van der Waals surface area (Å²) in [6, 6.07) is 6.97. The largest absolute Gasteiger partial charge is 0.496 e. The number of piperidine rings is 1. The molecule has 1 aliphatic carbocycles. The van der Waals surface area contributed by atoms with Gasteiger partial charge in [-0.3, -0.25) is 0 Å². The summed E-state index contributed by atoms with van der Waals surface area (Å²) in [4.78, 5) is 0. The van der Waals surface area contributed by atoms with E-state index in [2.05, 4.69) is 23.5 Å². The molecule has 0 bridgehead atoms. The van der Waals surface area contributed by atoms with E-state index in [0.29, 0.717) is 0 Å². The van der Waals surface area contributed by atoms with E-state index in [1.165, 1.54) is 70.0 Å². The van der Waals surface area contributed by atoms with Gasteiger partial charge in [0.1, 0.15) is 5.75 Å². The molecule has 2 heteroatoms. The van der Waals surface area contributed by atoms with E-state index >= 15 is 0 Å². The minimum Gasteiger partial charge on any atom is -0.496 e. The van der Waals surface area contributed by atoms with Crippen LogP contribution in [0.5, 0.6) is 5.75 Å². The van der Waals surface area contributed by atoms with Crippen LogP contribution in [0.25, 0.3) is 0 Å². The summed E-state index contributed by atoms with van der Waals surface area (Å²) in [5.74, 6) is 2.70. The molecule has 21 heavy (non-hydrogen) atoms. The molecule has 1 heterocycles. The molecule has 2 aliphatic rings. The first-order valence-electron chi connectivity index (χ1n) is 8.74. The maximum Gasteiger partial charge on any atom is 0.122 e. The van der Waals surface area contributed by atoms with E-state index in [0.717, 1.165) is 17.6 Å². The van der Waals surface area contributed by atoms with Crippen molar-refractivity contribution >= 4 is 0 Å². The Hall–Kier alpha value is -1.02. The van der Waals surface area contributed by atoms with Crippen LogP contribution in [0.4, 0.5) is 0 Å². The smallest absolute Gasteiger partial charge is 0.122 e. The van der Waals surface area contributed by atoms with Crippen molar-refractivity contribution in [2.45, 2.75) is 57.3 Å². The lowest BCUT2D eigenvalue weighted by atomic mass is 9.82. The molecule has 1 aromatic rings. The molecule has 1 saturated carbocycles. The molecule has 0 radical (unpaired) electrons. The van der Waals surface area contributed by atoms with E-state index in [-0.39, 0.29) is 0 Å². The van der Waals surface area contributed by atoms with Crippen molar-refractivity contribution in [3.8, 4) is 5.75 Å². The number of methoxy groups -OCH3 is 1. The fourth-order valence-corrected chi connectivity index (χ4v) is 4.04. The lowest BCUT2D eigenvalue weighted by molar-refractivity contribution is 0.360. The van der Waals surface area contributed by atoms with Gasteiger partial charge in [0.25, 0.3) is 0 Å². The van der Waals surface area contributed by atoms with Gasteiger partial charge in [0, 0.05) is 0 Å². The third kappa shape index (κ3) is 3.79. The minimum absolute atomic E-state index is 0.788. The molecule has 0 aromatic heterocycles. The molecule has 1 aromatic carbocycles. The predicted molar refractivity (Wildman–Crippen MR) is 88.1 cm³/mol. The van der Waals surface area contributed by atoms with Gasteiger partial charge in [-0.2, -0.15) is 0 Å². The zero-order valence-corrected chi connectivity index (χ0v) is 13.4. The summed E-state index contributed by atoms with van der Waals surface area (Å²) in [7, 11) is 1.81. The summed E-state index contributed by atoms with van der Waals surface area (Å²) in [6.45, 7) is 2.35. The maximum absolute atomic E-state index is 5.61. The van der Waals surface area contributed by atoms with Gasteiger partial charge in [-0.15, -0.1) is 0 Å². The van der Waals surface area contributed by atoms with Crippen LogP contribution in [-0.4, -0.2) is 20.2 Å². The third-order valence-electron chi connectivity index (χ3n) is 5.35. The second kappa shape index (κ2) is 7.31. The standard InChI is InChI=1S/C19H29NO/c1-21-19-8-7-17(16-5-3-2-4-6-16)14-18(19)13-15-9-11-20-12-10-15/h7-8,14-16,20H,2-6,9-13H2,1H3. The Morgan fingerprint density at radius 3 is 2.52 bits per heavy atom. The van der Waals surface area contributed by atoms with Crippen molar-refractivity contribution in [3.05, 3.63) is 29.3 Å². The SMILES string of the molecule is COc1ccc(C2CCCCC2)cc1CC1CCNCC1. The van der Waals surface area contributed by atoms with Gasteiger partial charge < -0.3 is 10.1 Å². The Labute approximate surface area is 129 Å². The Morgan fingerprint density at radius 2 is 1.81 bits per heavy atom. The van der Waals surface area contributed by atoms with Gasteiger partial charge in [0.2, 0.25) is 0 Å². The van der Waals surface area contributed by atoms with Gasteiger partial charge in [0.05, 0.1) is 7.11 Å². The summed E-state index contributed by atoms with van der Waals surface area (Å²) in [6.07, 6.45) is 10.8. The van der Waals surface area contributed by atoms with Gasteiger partial charge in [-0.1, -0.05) is 31.4 Å². The highest BCUT2D eigenvalue weighted by Gasteiger charge is 2.19. The van der Waals surface area contributed by atoms with E-state index in [4.69, 9.17) is 4.74 Å². The van der Waals surface area contributed by atoms with E-state index < -0.39 is 0 Å². The lowest BCUT2D eigenvalue weighted by Gasteiger charge is -2.25. The van der Waals surface area contributed by atoms with Crippen LogP contribution < -0.4 is 10.1 Å². The van der Waals surface area contributed by atoms with Crippen LogP contribution in [0.15, 0.2) is 18.2 Å². The summed E-state index contributed by atoms with van der Waals surface area (Å²) in [5.41, 5.74) is 2.99. The van der Waals surface area contributed by atoms with Gasteiger partial charge >= 0.3 is 0 Å². The van der Waals surface area contributed by atoms with Crippen LogP contribution in [0.2, 0.25) is 0 Å². The predicted octanol–water partition coefficient (Wildman–Crippen LogP) is 4.29. The van der Waals surface area contributed by atoms with Crippen molar-refractivity contribution in [2.75, 3.05) is 20.2 Å². The topological polar surface area (TPSA) is 21.3 Å².